The van der Waals surface area contributed by atoms with Crippen LogP contribution in [0.2, 0.25) is 0 Å². The van der Waals surface area contributed by atoms with Crippen molar-refractivity contribution in [3.63, 3.8) is 0 Å². The zero-order valence-electron chi connectivity index (χ0n) is 10.8. The summed E-state index contributed by atoms with van der Waals surface area (Å²) in [5, 5.41) is 0. The zero-order chi connectivity index (χ0) is 13.0. The second kappa shape index (κ2) is 6.43. The van der Waals surface area contributed by atoms with Crippen molar-refractivity contribution >= 4 is 15.9 Å². The highest BCUT2D eigenvalue weighted by atomic mass is 79.9. The summed E-state index contributed by atoms with van der Waals surface area (Å²) in [5.74, 6) is 1.74. The maximum absolute atomic E-state index is 5.91. The first-order valence-corrected chi connectivity index (χ1v) is 7.31. The molecule has 0 N–H and O–H groups in total. The minimum absolute atomic E-state index is 0.146. The second-order valence-electron chi connectivity index (χ2n) is 4.23. The van der Waals surface area contributed by atoms with Gasteiger partial charge in [-0.1, -0.05) is 15.9 Å². The number of rotatable bonds is 6. The Labute approximate surface area is 117 Å². The van der Waals surface area contributed by atoms with E-state index in [9.17, 15) is 0 Å². The van der Waals surface area contributed by atoms with Gasteiger partial charge in [-0.15, -0.1) is 0 Å². The minimum Gasteiger partial charge on any atom is -0.494 e. The zero-order valence-corrected chi connectivity index (χ0v) is 12.4. The lowest BCUT2D eigenvalue weighted by Crippen LogP contribution is -2.52. The summed E-state index contributed by atoms with van der Waals surface area (Å²) in [7, 11) is 0. The van der Waals surface area contributed by atoms with Gasteiger partial charge in [0.1, 0.15) is 23.7 Å². The van der Waals surface area contributed by atoms with E-state index in [4.69, 9.17) is 14.2 Å². The highest BCUT2D eigenvalue weighted by Crippen LogP contribution is 2.34. The van der Waals surface area contributed by atoms with E-state index in [1.165, 1.54) is 0 Å². The van der Waals surface area contributed by atoms with E-state index in [1.54, 1.807) is 0 Å². The number of ether oxygens (including phenoxy) is 3. The van der Waals surface area contributed by atoms with Crippen LogP contribution in [0.1, 0.15) is 20.3 Å². The predicted molar refractivity (Wildman–Crippen MR) is 74.8 cm³/mol. The molecule has 4 heteroatoms. The van der Waals surface area contributed by atoms with Crippen LogP contribution in [0.3, 0.4) is 0 Å². The van der Waals surface area contributed by atoms with Gasteiger partial charge in [0.15, 0.2) is 0 Å². The van der Waals surface area contributed by atoms with Crippen LogP contribution in [0.25, 0.3) is 0 Å². The summed E-state index contributed by atoms with van der Waals surface area (Å²) in [6.07, 6.45) is 1.28. The molecule has 0 bridgehead atoms. The molecular weight excluding hydrogens is 296 g/mol. The molecule has 100 valence electrons. The van der Waals surface area contributed by atoms with Gasteiger partial charge in [0.2, 0.25) is 0 Å². The molecule has 0 aromatic heterocycles. The van der Waals surface area contributed by atoms with Gasteiger partial charge in [-0.3, -0.25) is 0 Å². The third-order valence-electron chi connectivity index (χ3n) is 2.96. The Kier molecular flexibility index (Phi) is 4.89. The Morgan fingerprint density at radius 1 is 1.11 bits per heavy atom. The van der Waals surface area contributed by atoms with Crippen LogP contribution in [-0.4, -0.2) is 30.2 Å². The standard InChI is InChI=1S/C14H19BrO3/c1-3-16-10-5-7-11(8-6-10)18-13-9-12(15)14(13)17-4-2/h5-8,12-14H,3-4,9H2,1-2H3. The van der Waals surface area contributed by atoms with Gasteiger partial charge >= 0.3 is 0 Å². The molecule has 18 heavy (non-hydrogen) atoms. The number of halogens is 1. The van der Waals surface area contributed by atoms with E-state index in [0.29, 0.717) is 11.4 Å². The average molecular weight is 315 g/mol. The maximum Gasteiger partial charge on any atom is 0.127 e. The van der Waals surface area contributed by atoms with Crippen LogP contribution in [0.4, 0.5) is 0 Å². The number of benzene rings is 1. The normalized spacial score (nSPS) is 26.5. The molecule has 1 aromatic rings. The topological polar surface area (TPSA) is 27.7 Å². The SMILES string of the molecule is CCOc1ccc(OC2CC(Br)C2OCC)cc1. The van der Waals surface area contributed by atoms with Crippen molar-refractivity contribution in [2.75, 3.05) is 13.2 Å². The summed E-state index contributed by atoms with van der Waals surface area (Å²) < 4.78 is 16.9. The molecule has 0 radical (unpaired) electrons. The van der Waals surface area contributed by atoms with E-state index in [2.05, 4.69) is 15.9 Å². The van der Waals surface area contributed by atoms with Gasteiger partial charge in [-0.2, -0.15) is 0 Å². The fourth-order valence-electron chi connectivity index (χ4n) is 2.00. The summed E-state index contributed by atoms with van der Waals surface area (Å²) >= 11 is 3.59. The summed E-state index contributed by atoms with van der Waals surface area (Å²) in [5.41, 5.74) is 0. The van der Waals surface area contributed by atoms with E-state index in [-0.39, 0.29) is 12.2 Å². The van der Waals surface area contributed by atoms with Crippen LogP contribution in [0, 0.1) is 0 Å². The first kappa shape index (κ1) is 13.7. The van der Waals surface area contributed by atoms with Gasteiger partial charge in [-0.25, -0.2) is 0 Å². The first-order valence-electron chi connectivity index (χ1n) is 6.39. The Morgan fingerprint density at radius 2 is 1.78 bits per heavy atom. The molecule has 0 spiro atoms. The average Bonchev–Trinajstić information content (AvgIpc) is 2.38. The Hall–Kier alpha value is -0.740. The van der Waals surface area contributed by atoms with Crippen LogP contribution in [0.15, 0.2) is 24.3 Å². The molecule has 1 aliphatic rings. The van der Waals surface area contributed by atoms with Crippen molar-refractivity contribution in [1.82, 2.24) is 0 Å². The van der Waals surface area contributed by atoms with E-state index in [1.807, 2.05) is 38.1 Å². The van der Waals surface area contributed by atoms with Crippen molar-refractivity contribution < 1.29 is 14.2 Å². The monoisotopic (exact) mass is 314 g/mol. The molecule has 3 atom stereocenters. The van der Waals surface area contributed by atoms with Crippen molar-refractivity contribution in [1.29, 1.82) is 0 Å². The lowest BCUT2D eigenvalue weighted by Gasteiger charge is -2.40. The fourth-order valence-corrected chi connectivity index (χ4v) is 2.86. The highest BCUT2D eigenvalue weighted by molar-refractivity contribution is 9.09. The number of alkyl halides is 1. The lowest BCUT2D eigenvalue weighted by molar-refractivity contribution is -0.0723. The predicted octanol–water partition coefficient (Wildman–Crippen LogP) is 3.41. The van der Waals surface area contributed by atoms with Crippen molar-refractivity contribution in [3.05, 3.63) is 24.3 Å². The Morgan fingerprint density at radius 3 is 2.33 bits per heavy atom. The Balaban J connectivity index is 1.89. The first-order chi connectivity index (χ1) is 8.74. The molecule has 1 saturated carbocycles. The van der Waals surface area contributed by atoms with Crippen molar-refractivity contribution in [2.24, 2.45) is 0 Å². The lowest BCUT2D eigenvalue weighted by atomic mass is 9.91. The van der Waals surface area contributed by atoms with Crippen molar-refractivity contribution in [2.45, 2.75) is 37.3 Å². The molecule has 0 saturated heterocycles. The second-order valence-corrected chi connectivity index (χ2v) is 5.41. The smallest absolute Gasteiger partial charge is 0.127 e. The highest BCUT2D eigenvalue weighted by Gasteiger charge is 2.42. The summed E-state index contributed by atoms with van der Waals surface area (Å²) in [4.78, 5) is 0.408. The molecule has 1 fully saturated rings. The van der Waals surface area contributed by atoms with E-state index >= 15 is 0 Å². The minimum atomic E-state index is 0.146. The van der Waals surface area contributed by atoms with Gasteiger partial charge in [0, 0.05) is 17.9 Å². The number of hydrogen-bond acceptors (Lipinski definition) is 3. The van der Waals surface area contributed by atoms with Crippen molar-refractivity contribution in [3.8, 4) is 11.5 Å². The van der Waals surface area contributed by atoms with Crippen LogP contribution >= 0.6 is 15.9 Å². The molecule has 0 amide bonds. The summed E-state index contributed by atoms with van der Waals surface area (Å²) in [6.45, 7) is 5.38. The van der Waals surface area contributed by atoms with Crippen LogP contribution in [-0.2, 0) is 4.74 Å². The molecular formula is C14H19BrO3. The van der Waals surface area contributed by atoms with E-state index in [0.717, 1.165) is 24.5 Å². The molecule has 0 aliphatic heterocycles. The molecule has 3 nitrogen and oxygen atoms in total. The van der Waals surface area contributed by atoms with E-state index < -0.39 is 0 Å². The van der Waals surface area contributed by atoms with Gasteiger partial charge < -0.3 is 14.2 Å². The molecule has 1 aliphatic carbocycles. The Bertz CT molecular complexity index is 366. The van der Waals surface area contributed by atoms with Crippen LogP contribution < -0.4 is 9.47 Å². The maximum atomic E-state index is 5.91. The van der Waals surface area contributed by atoms with Crippen LogP contribution in [0.5, 0.6) is 11.5 Å². The quantitative estimate of drug-likeness (QED) is 0.753. The van der Waals surface area contributed by atoms with Gasteiger partial charge in [-0.05, 0) is 38.1 Å². The molecule has 1 aromatic carbocycles. The fraction of sp³-hybridized carbons (Fsp3) is 0.571. The summed E-state index contributed by atoms with van der Waals surface area (Å²) in [6, 6.07) is 7.74. The molecule has 0 heterocycles. The largest absolute Gasteiger partial charge is 0.494 e. The molecule has 3 unspecified atom stereocenters. The van der Waals surface area contributed by atoms with Gasteiger partial charge in [0.25, 0.3) is 0 Å². The van der Waals surface area contributed by atoms with Gasteiger partial charge in [0.05, 0.1) is 6.61 Å². The molecule has 2 rings (SSSR count). The third-order valence-corrected chi connectivity index (χ3v) is 3.86. The third kappa shape index (κ3) is 3.18. The number of hydrogen-bond donors (Lipinski definition) is 0.